The van der Waals surface area contributed by atoms with Gasteiger partial charge in [-0.25, -0.2) is 0 Å². The molecule has 1 saturated heterocycles. The van der Waals surface area contributed by atoms with Gasteiger partial charge in [0.2, 0.25) is 0 Å². The van der Waals surface area contributed by atoms with Crippen molar-refractivity contribution in [1.82, 2.24) is 9.80 Å². The lowest BCUT2D eigenvalue weighted by molar-refractivity contribution is 0.0307. The minimum atomic E-state index is 0.187. The Morgan fingerprint density at radius 3 is 2.75 bits per heavy atom. The van der Waals surface area contributed by atoms with Crippen molar-refractivity contribution in [3.05, 3.63) is 64.9 Å². The SMILES string of the molecule is C=CCN1C[C@@H](C)N(C(c2ccsc2)c2cccc(O)c2)C[C@H]1C. The van der Waals surface area contributed by atoms with Crippen molar-refractivity contribution < 1.29 is 5.11 Å². The fourth-order valence-corrected chi connectivity index (χ4v) is 4.38. The fourth-order valence-electron chi connectivity index (χ4n) is 3.71. The standard InChI is InChI=1S/C20H26N2OS/c1-4-9-21-12-16(3)22(13-15(21)2)20(18-8-10-24-14-18)17-6-5-7-19(23)11-17/h4-8,10-11,14-16,20,23H,1,9,12-13H2,2-3H3/t15-,16-,20?/m1/s1. The lowest BCUT2D eigenvalue weighted by atomic mass is 9.95. The second kappa shape index (κ2) is 7.51. The van der Waals surface area contributed by atoms with Crippen LogP contribution < -0.4 is 0 Å². The summed E-state index contributed by atoms with van der Waals surface area (Å²) in [6, 6.07) is 11.0. The van der Waals surface area contributed by atoms with Crippen molar-refractivity contribution in [2.45, 2.75) is 32.0 Å². The number of phenols is 1. The van der Waals surface area contributed by atoms with Crippen molar-refractivity contribution >= 4 is 11.3 Å². The van der Waals surface area contributed by atoms with E-state index in [0.29, 0.717) is 17.8 Å². The van der Waals surface area contributed by atoms with Crippen molar-refractivity contribution in [2.24, 2.45) is 0 Å². The van der Waals surface area contributed by atoms with Gasteiger partial charge in [-0.15, -0.1) is 6.58 Å². The Hall–Kier alpha value is -1.62. The van der Waals surface area contributed by atoms with E-state index in [9.17, 15) is 5.11 Å². The summed E-state index contributed by atoms with van der Waals surface area (Å²) in [4.78, 5) is 5.06. The Labute approximate surface area is 148 Å². The minimum absolute atomic E-state index is 0.187. The highest BCUT2D eigenvalue weighted by atomic mass is 32.1. The maximum absolute atomic E-state index is 9.95. The van der Waals surface area contributed by atoms with Gasteiger partial charge < -0.3 is 5.11 Å². The van der Waals surface area contributed by atoms with Crippen LogP contribution in [-0.2, 0) is 0 Å². The Kier molecular flexibility index (Phi) is 5.39. The average molecular weight is 343 g/mol. The molecule has 3 nitrogen and oxygen atoms in total. The first-order valence-electron chi connectivity index (χ1n) is 8.52. The number of hydrogen-bond acceptors (Lipinski definition) is 4. The number of nitrogens with zero attached hydrogens (tertiary/aromatic N) is 2. The molecular weight excluding hydrogens is 316 g/mol. The van der Waals surface area contributed by atoms with Crippen LogP contribution in [0.4, 0.5) is 0 Å². The molecule has 0 amide bonds. The van der Waals surface area contributed by atoms with E-state index in [2.05, 4.69) is 53.1 Å². The minimum Gasteiger partial charge on any atom is -0.508 e. The average Bonchev–Trinajstić information content (AvgIpc) is 3.06. The van der Waals surface area contributed by atoms with Crippen molar-refractivity contribution in [1.29, 1.82) is 0 Å². The van der Waals surface area contributed by atoms with Gasteiger partial charge in [-0.2, -0.15) is 11.3 Å². The molecule has 2 heterocycles. The summed E-state index contributed by atoms with van der Waals surface area (Å²) in [6.07, 6.45) is 1.99. The number of thiophene rings is 1. The smallest absolute Gasteiger partial charge is 0.115 e. The van der Waals surface area contributed by atoms with Gasteiger partial charge in [0.1, 0.15) is 5.75 Å². The number of hydrogen-bond donors (Lipinski definition) is 1. The van der Waals surface area contributed by atoms with E-state index < -0.39 is 0 Å². The van der Waals surface area contributed by atoms with E-state index in [4.69, 9.17) is 0 Å². The Bertz CT molecular complexity index is 670. The summed E-state index contributed by atoms with van der Waals surface area (Å²) in [6.45, 7) is 11.4. The number of phenolic OH excluding ortho intramolecular Hbond substituents is 1. The van der Waals surface area contributed by atoms with Gasteiger partial charge in [0.15, 0.2) is 0 Å². The molecule has 0 spiro atoms. The van der Waals surface area contributed by atoms with Gasteiger partial charge in [-0.3, -0.25) is 9.80 Å². The lowest BCUT2D eigenvalue weighted by Gasteiger charge is -2.47. The monoisotopic (exact) mass is 342 g/mol. The van der Waals surface area contributed by atoms with Crippen LogP contribution in [0.3, 0.4) is 0 Å². The zero-order valence-electron chi connectivity index (χ0n) is 14.4. The molecule has 1 aliphatic heterocycles. The molecule has 1 N–H and O–H groups in total. The Morgan fingerprint density at radius 2 is 2.08 bits per heavy atom. The summed E-state index contributed by atoms with van der Waals surface area (Å²) in [5.41, 5.74) is 2.46. The zero-order valence-corrected chi connectivity index (χ0v) is 15.2. The van der Waals surface area contributed by atoms with Crippen LogP contribution >= 0.6 is 11.3 Å². The van der Waals surface area contributed by atoms with Crippen LogP contribution in [0.5, 0.6) is 5.75 Å². The molecule has 1 fully saturated rings. The number of aromatic hydroxyl groups is 1. The lowest BCUT2D eigenvalue weighted by Crippen LogP contribution is -2.57. The maximum Gasteiger partial charge on any atom is 0.115 e. The zero-order chi connectivity index (χ0) is 17.1. The molecule has 0 aliphatic carbocycles. The summed E-state index contributed by atoms with van der Waals surface area (Å²) < 4.78 is 0. The van der Waals surface area contributed by atoms with Crippen LogP contribution in [0.15, 0.2) is 53.7 Å². The molecule has 4 heteroatoms. The molecule has 128 valence electrons. The third kappa shape index (κ3) is 3.56. The molecule has 1 aromatic carbocycles. The Morgan fingerprint density at radius 1 is 1.25 bits per heavy atom. The second-order valence-corrected chi connectivity index (χ2v) is 7.47. The molecule has 0 radical (unpaired) electrons. The number of piperazine rings is 1. The van der Waals surface area contributed by atoms with E-state index in [1.165, 1.54) is 5.56 Å². The first kappa shape index (κ1) is 17.2. The molecule has 3 atom stereocenters. The highest BCUT2D eigenvalue weighted by molar-refractivity contribution is 7.08. The summed E-state index contributed by atoms with van der Waals surface area (Å²) in [5.74, 6) is 0.332. The van der Waals surface area contributed by atoms with Gasteiger partial charge in [-0.1, -0.05) is 18.2 Å². The number of benzene rings is 1. The Balaban J connectivity index is 1.93. The van der Waals surface area contributed by atoms with Crippen LogP contribution in [0.1, 0.15) is 31.0 Å². The van der Waals surface area contributed by atoms with E-state index in [0.717, 1.165) is 25.2 Å². The van der Waals surface area contributed by atoms with Crippen LogP contribution in [0.2, 0.25) is 0 Å². The molecule has 1 aromatic heterocycles. The third-order valence-corrected chi connectivity index (χ3v) is 5.60. The third-order valence-electron chi connectivity index (χ3n) is 4.90. The molecule has 0 bridgehead atoms. The molecule has 0 saturated carbocycles. The topological polar surface area (TPSA) is 26.7 Å². The molecule has 1 aliphatic rings. The second-order valence-electron chi connectivity index (χ2n) is 6.69. The molecule has 2 aromatic rings. The van der Waals surface area contributed by atoms with Gasteiger partial charge in [0.05, 0.1) is 6.04 Å². The van der Waals surface area contributed by atoms with Crippen molar-refractivity contribution in [3.8, 4) is 5.75 Å². The predicted octanol–water partition coefficient (Wildman–Crippen LogP) is 4.12. The van der Waals surface area contributed by atoms with Gasteiger partial charge in [0.25, 0.3) is 0 Å². The van der Waals surface area contributed by atoms with E-state index in [1.807, 2.05) is 18.2 Å². The molecular formula is C20H26N2OS. The fraction of sp³-hybridized carbons (Fsp3) is 0.400. The van der Waals surface area contributed by atoms with E-state index in [1.54, 1.807) is 17.4 Å². The number of rotatable bonds is 5. The van der Waals surface area contributed by atoms with Crippen molar-refractivity contribution in [3.63, 3.8) is 0 Å². The highest BCUT2D eigenvalue weighted by Gasteiger charge is 2.34. The first-order valence-corrected chi connectivity index (χ1v) is 9.46. The van der Waals surface area contributed by atoms with Crippen LogP contribution in [0, 0.1) is 0 Å². The molecule has 24 heavy (non-hydrogen) atoms. The van der Waals surface area contributed by atoms with E-state index >= 15 is 0 Å². The maximum atomic E-state index is 9.95. The molecule has 3 rings (SSSR count). The predicted molar refractivity (Wildman–Crippen MR) is 102 cm³/mol. The quantitative estimate of drug-likeness (QED) is 0.828. The highest BCUT2D eigenvalue weighted by Crippen LogP contribution is 2.35. The van der Waals surface area contributed by atoms with Crippen LogP contribution in [-0.4, -0.2) is 46.6 Å². The van der Waals surface area contributed by atoms with Crippen molar-refractivity contribution in [2.75, 3.05) is 19.6 Å². The largest absolute Gasteiger partial charge is 0.508 e. The first-order chi connectivity index (χ1) is 11.6. The summed E-state index contributed by atoms with van der Waals surface area (Å²) in [7, 11) is 0. The van der Waals surface area contributed by atoms with Gasteiger partial charge in [0, 0.05) is 31.7 Å². The van der Waals surface area contributed by atoms with Gasteiger partial charge >= 0.3 is 0 Å². The normalized spacial score (nSPS) is 23.9. The molecule has 1 unspecified atom stereocenters. The van der Waals surface area contributed by atoms with E-state index in [-0.39, 0.29) is 6.04 Å². The van der Waals surface area contributed by atoms with Gasteiger partial charge in [-0.05, 0) is 53.9 Å². The summed E-state index contributed by atoms with van der Waals surface area (Å²) in [5, 5.41) is 14.3. The van der Waals surface area contributed by atoms with Crippen LogP contribution in [0.25, 0.3) is 0 Å². The summed E-state index contributed by atoms with van der Waals surface area (Å²) >= 11 is 1.73.